The molecule has 0 radical (unpaired) electrons. The molecule has 1 unspecified atom stereocenters. The number of piperidine rings is 1. The lowest BCUT2D eigenvalue weighted by Crippen LogP contribution is -2.40. The fourth-order valence-electron chi connectivity index (χ4n) is 4.94. The van der Waals surface area contributed by atoms with Gasteiger partial charge in [0.25, 0.3) is 5.91 Å². The van der Waals surface area contributed by atoms with Gasteiger partial charge < -0.3 is 15.0 Å². The summed E-state index contributed by atoms with van der Waals surface area (Å²) in [5.41, 5.74) is 4.20. The van der Waals surface area contributed by atoms with Crippen LogP contribution in [0.4, 0.5) is 0 Å². The van der Waals surface area contributed by atoms with Crippen LogP contribution >= 0.6 is 0 Å². The Hall–Kier alpha value is -3.42. The van der Waals surface area contributed by atoms with Gasteiger partial charge in [0.1, 0.15) is 5.75 Å². The maximum Gasteiger partial charge on any atom is 0.251 e. The van der Waals surface area contributed by atoms with Crippen LogP contribution in [-0.4, -0.2) is 58.7 Å². The summed E-state index contributed by atoms with van der Waals surface area (Å²) in [6.07, 6.45) is 4.42. The van der Waals surface area contributed by atoms with Crippen LogP contribution in [0.3, 0.4) is 0 Å². The Morgan fingerprint density at radius 3 is 2.59 bits per heavy atom. The number of rotatable bonds is 6. The highest BCUT2D eigenvalue weighted by Gasteiger charge is 2.32. The van der Waals surface area contributed by atoms with Crippen molar-refractivity contribution < 1.29 is 14.3 Å². The van der Waals surface area contributed by atoms with Crippen LogP contribution in [-0.2, 0) is 18.3 Å². The first-order chi connectivity index (χ1) is 16.5. The Labute approximate surface area is 199 Å². The third kappa shape index (κ3) is 4.24. The predicted molar refractivity (Wildman–Crippen MR) is 129 cm³/mol. The number of aryl methyl sites for hydroxylation is 1. The van der Waals surface area contributed by atoms with E-state index in [1.165, 1.54) is 0 Å². The lowest BCUT2D eigenvalue weighted by Gasteiger charge is -2.32. The summed E-state index contributed by atoms with van der Waals surface area (Å²) in [5, 5.41) is 8.44. The zero-order chi connectivity index (χ0) is 23.8. The van der Waals surface area contributed by atoms with Crippen molar-refractivity contribution in [1.29, 1.82) is 0 Å². The number of fused-ring (bicyclic) bond motifs is 1. The first-order valence-electron chi connectivity index (χ1n) is 12.0. The van der Waals surface area contributed by atoms with Crippen molar-refractivity contribution in [2.75, 3.05) is 27.2 Å². The molecule has 1 atom stereocenters. The summed E-state index contributed by atoms with van der Waals surface area (Å²) < 4.78 is 7.00. The fraction of sp³-hybridized carbons (Fsp3) is 0.462. The number of pyridine rings is 1. The Kier molecular flexibility index (Phi) is 5.98. The van der Waals surface area contributed by atoms with Crippen molar-refractivity contribution in [3.05, 3.63) is 52.8 Å². The minimum absolute atomic E-state index is 0.0641. The minimum Gasteiger partial charge on any atom is -0.497 e. The molecule has 2 aliphatic rings. The lowest BCUT2D eigenvalue weighted by atomic mass is 9.91. The summed E-state index contributed by atoms with van der Waals surface area (Å²) in [5.74, 6) is 1.27. The number of carbonyl (C=O) groups excluding carboxylic acids is 2. The van der Waals surface area contributed by atoms with E-state index in [4.69, 9.17) is 14.8 Å². The molecule has 1 saturated heterocycles. The van der Waals surface area contributed by atoms with Crippen LogP contribution < -0.4 is 10.1 Å². The second-order valence-electron chi connectivity index (χ2n) is 9.36. The zero-order valence-corrected chi connectivity index (χ0v) is 20.0. The van der Waals surface area contributed by atoms with Crippen molar-refractivity contribution in [3.63, 3.8) is 0 Å². The summed E-state index contributed by atoms with van der Waals surface area (Å²) in [6, 6.07) is 9.57. The van der Waals surface area contributed by atoms with Crippen molar-refractivity contribution in [2.45, 2.75) is 43.9 Å². The quantitative estimate of drug-likeness (QED) is 0.609. The molecule has 8 nitrogen and oxygen atoms in total. The molecule has 1 aliphatic heterocycles. The molecular weight excluding hydrogens is 430 g/mol. The SMILES string of the molecule is CNC(=O)c1cc(C2CC2)nc2c1c(C1CCCN(C(=O)Cc3ccc(OC)cc3)C1)nn2C. The van der Waals surface area contributed by atoms with E-state index in [0.29, 0.717) is 24.4 Å². The highest BCUT2D eigenvalue weighted by Crippen LogP contribution is 2.41. The minimum atomic E-state index is -0.119. The van der Waals surface area contributed by atoms with Crippen LogP contribution in [0.15, 0.2) is 30.3 Å². The number of hydrogen-bond acceptors (Lipinski definition) is 5. The molecule has 5 rings (SSSR count). The molecule has 178 valence electrons. The van der Waals surface area contributed by atoms with Crippen LogP contribution in [0, 0.1) is 0 Å². The average Bonchev–Trinajstić information content (AvgIpc) is 3.67. The second-order valence-corrected chi connectivity index (χ2v) is 9.36. The Bertz CT molecular complexity index is 1230. The molecule has 2 amide bonds. The monoisotopic (exact) mass is 461 g/mol. The second kappa shape index (κ2) is 9.08. The molecule has 1 saturated carbocycles. The van der Waals surface area contributed by atoms with Gasteiger partial charge in [0.15, 0.2) is 5.65 Å². The molecular formula is C26H31N5O3. The van der Waals surface area contributed by atoms with Crippen LogP contribution in [0.1, 0.15) is 64.8 Å². The van der Waals surface area contributed by atoms with Crippen LogP contribution in [0.5, 0.6) is 5.75 Å². The number of ether oxygens (including phenoxy) is 1. The van der Waals surface area contributed by atoms with Gasteiger partial charge in [-0.25, -0.2) is 4.98 Å². The number of nitrogens with zero attached hydrogens (tertiary/aromatic N) is 4. The molecule has 3 heterocycles. The molecule has 8 heteroatoms. The van der Waals surface area contributed by atoms with Gasteiger partial charge in [-0.1, -0.05) is 12.1 Å². The van der Waals surface area contributed by atoms with Gasteiger partial charge in [0, 0.05) is 44.7 Å². The number of aromatic nitrogens is 3. The molecule has 1 aromatic carbocycles. The van der Waals surface area contributed by atoms with E-state index in [1.54, 1.807) is 18.8 Å². The third-order valence-electron chi connectivity index (χ3n) is 6.98. The van der Waals surface area contributed by atoms with Crippen molar-refractivity contribution >= 4 is 22.8 Å². The number of methoxy groups -OCH3 is 1. The molecule has 34 heavy (non-hydrogen) atoms. The van der Waals surface area contributed by atoms with E-state index in [1.807, 2.05) is 42.3 Å². The Morgan fingerprint density at radius 1 is 1.15 bits per heavy atom. The van der Waals surface area contributed by atoms with E-state index in [9.17, 15) is 9.59 Å². The maximum absolute atomic E-state index is 13.1. The molecule has 0 bridgehead atoms. The zero-order valence-electron chi connectivity index (χ0n) is 20.0. The van der Waals surface area contributed by atoms with E-state index >= 15 is 0 Å². The lowest BCUT2D eigenvalue weighted by molar-refractivity contribution is -0.131. The average molecular weight is 462 g/mol. The van der Waals surface area contributed by atoms with Gasteiger partial charge in [0.2, 0.25) is 5.91 Å². The van der Waals surface area contributed by atoms with Crippen LogP contribution in [0.25, 0.3) is 11.0 Å². The highest BCUT2D eigenvalue weighted by molar-refractivity contribution is 6.06. The normalized spacial score (nSPS) is 18.2. The number of amides is 2. The van der Waals surface area contributed by atoms with Gasteiger partial charge in [-0.05, 0) is 49.4 Å². The van der Waals surface area contributed by atoms with E-state index in [2.05, 4.69) is 5.32 Å². The number of hydrogen-bond donors (Lipinski definition) is 1. The summed E-state index contributed by atoms with van der Waals surface area (Å²) in [7, 11) is 5.17. The van der Waals surface area contributed by atoms with Gasteiger partial charge in [-0.3, -0.25) is 14.3 Å². The molecule has 2 fully saturated rings. The number of likely N-dealkylation sites (tertiary alicyclic amines) is 1. The summed E-state index contributed by atoms with van der Waals surface area (Å²) in [4.78, 5) is 32.8. The smallest absolute Gasteiger partial charge is 0.251 e. The molecule has 2 aromatic heterocycles. The number of carbonyl (C=O) groups is 2. The van der Waals surface area contributed by atoms with Crippen molar-refractivity contribution in [2.24, 2.45) is 7.05 Å². The van der Waals surface area contributed by atoms with Crippen molar-refractivity contribution in [1.82, 2.24) is 25.0 Å². The number of benzene rings is 1. The van der Waals surface area contributed by atoms with E-state index in [0.717, 1.165) is 66.0 Å². The van der Waals surface area contributed by atoms with Crippen LogP contribution in [0.2, 0.25) is 0 Å². The molecule has 0 spiro atoms. The first-order valence-corrected chi connectivity index (χ1v) is 12.0. The Morgan fingerprint density at radius 2 is 1.91 bits per heavy atom. The van der Waals surface area contributed by atoms with Gasteiger partial charge >= 0.3 is 0 Å². The van der Waals surface area contributed by atoms with Gasteiger partial charge in [-0.2, -0.15) is 5.10 Å². The largest absolute Gasteiger partial charge is 0.497 e. The summed E-state index contributed by atoms with van der Waals surface area (Å²) >= 11 is 0. The fourth-order valence-corrected chi connectivity index (χ4v) is 4.94. The van der Waals surface area contributed by atoms with E-state index < -0.39 is 0 Å². The maximum atomic E-state index is 13.1. The number of nitrogens with one attached hydrogen (secondary N) is 1. The molecule has 3 aromatic rings. The van der Waals surface area contributed by atoms with E-state index in [-0.39, 0.29) is 17.7 Å². The first kappa shape index (κ1) is 22.4. The third-order valence-corrected chi connectivity index (χ3v) is 6.98. The van der Waals surface area contributed by atoms with Crippen molar-refractivity contribution in [3.8, 4) is 5.75 Å². The summed E-state index contributed by atoms with van der Waals surface area (Å²) in [6.45, 7) is 1.33. The predicted octanol–water partition coefficient (Wildman–Crippen LogP) is 3.16. The van der Waals surface area contributed by atoms with Gasteiger partial charge in [0.05, 0.1) is 30.2 Å². The highest BCUT2D eigenvalue weighted by atomic mass is 16.5. The molecule has 1 N–H and O–H groups in total. The topological polar surface area (TPSA) is 89.3 Å². The Balaban J connectivity index is 1.42. The van der Waals surface area contributed by atoms with Gasteiger partial charge in [-0.15, -0.1) is 0 Å². The standard InChI is InChI=1S/C26H31N5O3/c1-27-26(33)20-14-21(17-8-9-17)28-25-23(20)24(29-30(25)2)18-5-4-12-31(15-18)22(32)13-16-6-10-19(34-3)11-7-16/h6-7,10-11,14,17-18H,4-5,8-9,12-13,15H2,1-3H3,(H,27,33). The molecule has 1 aliphatic carbocycles.